The smallest absolute Gasteiger partial charge is 0.248 e. The maximum atomic E-state index is 12.4. The van der Waals surface area contributed by atoms with Crippen LogP contribution in [0.1, 0.15) is 18.4 Å². The molecule has 0 N–H and O–H groups in total. The maximum Gasteiger partial charge on any atom is 0.248 e. The number of carbonyl (C=O) groups is 1. The highest BCUT2D eigenvalue weighted by atomic mass is 16.5. The Morgan fingerprint density at radius 3 is 3.08 bits per heavy atom. The second-order valence-electron chi connectivity index (χ2n) is 5.96. The first-order chi connectivity index (χ1) is 11.8. The molecule has 128 valence electrons. The number of benzene rings is 1. The van der Waals surface area contributed by atoms with Crippen LogP contribution in [-0.4, -0.2) is 46.9 Å². The number of aromatic nitrogens is 2. The minimum atomic E-state index is 0.0487. The number of methoxy groups -OCH3 is 1. The van der Waals surface area contributed by atoms with Crippen LogP contribution >= 0.6 is 0 Å². The summed E-state index contributed by atoms with van der Waals surface area (Å²) in [5.74, 6) is 0.841. The van der Waals surface area contributed by atoms with E-state index < -0.39 is 0 Å². The van der Waals surface area contributed by atoms with E-state index in [-0.39, 0.29) is 18.6 Å². The highest BCUT2D eigenvalue weighted by Crippen LogP contribution is 2.19. The predicted molar refractivity (Wildman–Crippen MR) is 89.6 cm³/mol. The molecule has 24 heavy (non-hydrogen) atoms. The SMILES string of the molecule is COc1cccc(COCC(=O)N2CCC[C@H]2Cn2cccn2)c1. The van der Waals surface area contributed by atoms with Gasteiger partial charge in [0.25, 0.3) is 0 Å². The first kappa shape index (κ1) is 16.5. The lowest BCUT2D eigenvalue weighted by atomic mass is 10.2. The number of hydrogen-bond donors (Lipinski definition) is 0. The van der Waals surface area contributed by atoms with Gasteiger partial charge in [-0.3, -0.25) is 9.48 Å². The van der Waals surface area contributed by atoms with Crippen molar-refractivity contribution in [1.82, 2.24) is 14.7 Å². The Labute approximate surface area is 142 Å². The van der Waals surface area contributed by atoms with Crippen LogP contribution < -0.4 is 4.74 Å². The number of hydrogen-bond acceptors (Lipinski definition) is 4. The van der Waals surface area contributed by atoms with Crippen molar-refractivity contribution in [3.63, 3.8) is 0 Å². The van der Waals surface area contributed by atoms with Gasteiger partial charge in [0.1, 0.15) is 12.4 Å². The molecule has 1 aromatic heterocycles. The van der Waals surface area contributed by atoms with E-state index >= 15 is 0 Å². The highest BCUT2D eigenvalue weighted by molar-refractivity contribution is 5.78. The molecule has 1 aliphatic rings. The van der Waals surface area contributed by atoms with E-state index in [2.05, 4.69) is 5.10 Å². The molecule has 1 saturated heterocycles. The Bertz CT molecular complexity index is 657. The fraction of sp³-hybridized carbons (Fsp3) is 0.444. The Morgan fingerprint density at radius 1 is 1.38 bits per heavy atom. The number of nitrogens with zero attached hydrogens (tertiary/aromatic N) is 3. The number of rotatable bonds is 7. The molecule has 0 bridgehead atoms. The number of likely N-dealkylation sites (tertiary alicyclic amines) is 1. The Balaban J connectivity index is 1.48. The van der Waals surface area contributed by atoms with E-state index in [1.165, 1.54) is 0 Å². The van der Waals surface area contributed by atoms with Gasteiger partial charge in [-0.1, -0.05) is 12.1 Å². The molecule has 0 radical (unpaired) electrons. The van der Waals surface area contributed by atoms with Crippen molar-refractivity contribution in [3.8, 4) is 5.75 Å². The summed E-state index contributed by atoms with van der Waals surface area (Å²) in [6.07, 6.45) is 5.74. The van der Waals surface area contributed by atoms with Crippen molar-refractivity contribution in [3.05, 3.63) is 48.3 Å². The minimum absolute atomic E-state index is 0.0487. The second-order valence-corrected chi connectivity index (χ2v) is 5.96. The van der Waals surface area contributed by atoms with E-state index in [0.717, 1.165) is 37.2 Å². The predicted octanol–water partition coefficient (Wildman–Crippen LogP) is 2.10. The van der Waals surface area contributed by atoms with Gasteiger partial charge in [0, 0.05) is 18.9 Å². The molecule has 1 fully saturated rings. The van der Waals surface area contributed by atoms with Crippen molar-refractivity contribution in [2.24, 2.45) is 0 Å². The van der Waals surface area contributed by atoms with Gasteiger partial charge in [-0.25, -0.2) is 0 Å². The quantitative estimate of drug-likeness (QED) is 0.780. The second kappa shape index (κ2) is 7.97. The first-order valence-electron chi connectivity index (χ1n) is 8.24. The molecule has 2 heterocycles. The molecular formula is C18H23N3O3. The number of amides is 1. The average Bonchev–Trinajstić information content (AvgIpc) is 3.27. The molecule has 0 aliphatic carbocycles. The molecule has 1 aliphatic heterocycles. The molecule has 0 unspecified atom stereocenters. The fourth-order valence-electron chi connectivity index (χ4n) is 3.08. The van der Waals surface area contributed by atoms with Gasteiger partial charge in [0.2, 0.25) is 5.91 Å². The first-order valence-corrected chi connectivity index (χ1v) is 8.24. The Morgan fingerprint density at radius 2 is 2.29 bits per heavy atom. The van der Waals surface area contributed by atoms with Gasteiger partial charge in [-0.05, 0) is 36.6 Å². The standard InChI is InChI=1S/C18H23N3O3/c1-23-17-7-2-5-15(11-17)13-24-14-18(22)21-10-3-6-16(21)12-20-9-4-8-19-20/h2,4-5,7-9,11,16H,3,6,10,12-14H2,1H3/t16-/m0/s1. The van der Waals surface area contributed by atoms with Crippen LogP contribution in [0.5, 0.6) is 5.75 Å². The van der Waals surface area contributed by atoms with E-state index in [4.69, 9.17) is 9.47 Å². The molecule has 2 aromatic rings. The van der Waals surface area contributed by atoms with Crippen LogP contribution in [0.4, 0.5) is 0 Å². The Kier molecular flexibility index (Phi) is 5.48. The molecule has 1 amide bonds. The summed E-state index contributed by atoms with van der Waals surface area (Å²) in [4.78, 5) is 14.4. The van der Waals surface area contributed by atoms with Gasteiger partial charge in [-0.2, -0.15) is 5.10 Å². The van der Waals surface area contributed by atoms with Crippen LogP contribution in [0, 0.1) is 0 Å². The van der Waals surface area contributed by atoms with Crippen molar-refractivity contribution in [2.45, 2.75) is 32.0 Å². The van der Waals surface area contributed by atoms with Crippen molar-refractivity contribution < 1.29 is 14.3 Å². The van der Waals surface area contributed by atoms with Crippen molar-refractivity contribution in [1.29, 1.82) is 0 Å². The minimum Gasteiger partial charge on any atom is -0.497 e. The van der Waals surface area contributed by atoms with Gasteiger partial charge in [0.05, 0.1) is 26.3 Å². The number of ether oxygens (including phenoxy) is 2. The maximum absolute atomic E-state index is 12.4. The third kappa shape index (κ3) is 4.14. The molecular weight excluding hydrogens is 306 g/mol. The molecule has 6 nitrogen and oxygen atoms in total. The van der Waals surface area contributed by atoms with Crippen LogP contribution in [0.2, 0.25) is 0 Å². The van der Waals surface area contributed by atoms with Gasteiger partial charge >= 0.3 is 0 Å². The third-order valence-corrected chi connectivity index (χ3v) is 4.28. The molecule has 0 spiro atoms. The van der Waals surface area contributed by atoms with E-state index in [1.807, 2.05) is 46.1 Å². The fourth-order valence-corrected chi connectivity index (χ4v) is 3.08. The van der Waals surface area contributed by atoms with Crippen LogP contribution in [-0.2, 0) is 22.7 Å². The normalized spacial score (nSPS) is 17.2. The summed E-state index contributed by atoms with van der Waals surface area (Å²) in [6, 6.07) is 9.79. The van der Waals surface area contributed by atoms with Crippen LogP contribution in [0.25, 0.3) is 0 Å². The zero-order valence-electron chi connectivity index (χ0n) is 13.9. The molecule has 3 rings (SSSR count). The number of carbonyl (C=O) groups excluding carboxylic acids is 1. The van der Waals surface area contributed by atoms with Crippen molar-refractivity contribution in [2.75, 3.05) is 20.3 Å². The summed E-state index contributed by atoms with van der Waals surface area (Å²) in [5.41, 5.74) is 0.997. The summed E-state index contributed by atoms with van der Waals surface area (Å²) >= 11 is 0. The van der Waals surface area contributed by atoms with E-state index in [0.29, 0.717) is 6.61 Å². The Hall–Kier alpha value is -2.34. The third-order valence-electron chi connectivity index (χ3n) is 4.28. The largest absolute Gasteiger partial charge is 0.497 e. The zero-order chi connectivity index (χ0) is 16.8. The lowest BCUT2D eigenvalue weighted by Gasteiger charge is -2.24. The summed E-state index contributed by atoms with van der Waals surface area (Å²) in [6.45, 7) is 2.05. The lowest BCUT2D eigenvalue weighted by molar-refractivity contribution is -0.137. The molecule has 1 atom stereocenters. The topological polar surface area (TPSA) is 56.6 Å². The van der Waals surface area contributed by atoms with Crippen LogP contribution in [0.15, 0.2) is 42.7 Å². The highest BCUT2D eigenvalue weighted by Gasteiger charge is 2.28. The monoisotopic (exact) mass is 329 g/mol. The van der Waals surface area contributed by atoms with Crippen molar-refractivity contribution >= 4 is 5.91 Å². The van der Waals surface area contributed by atoms with E-state index in [1.54, 1.807) is 13.3 Å². The summed E-state index contributed by atoms with van der Waals surface area (Å²) in [5, 5.41) is 4.23. The molecule has 1 aromatic carbocycles. The van der Waals surface area contributed by atoms with Gasteiger partial charge in [0.15, 0.2) is 0 Å². The zero-order valence-corrected chi connectivity index (χ0v) is 13.9. The lowest BCUT2D eigenvalue weighted by Crippen LogP contribution is -2.40. The van der Waals surface area contributed by atoms with Gasteiger partial charge in [-0.15, -0.1) is 0 Å². The van der Waals surface area contributed by atoms with Crippen LogP contribution in [0.3, 0.4) is 0 Å². The molecule has 0 saturated carbocycles. The summed E-state index contributed by atoms with van der Waals surface area (Å²) in [7, 11) is 1.64. The van der Waals surface area contributed by atoms with Gasteiger partial charge < -0.3 is 14.4 Å². The average molecular weight is 329 g/mol. The molecule has 6 heteroatoms. The van der Waals surface area contributed by atoms with E-state index in [9.17, 15) is 4.79 Å². The summed E-state index contributed by atoms with van der Waals surface area (Å²) < 4.78 is 12.7.